The van der Waals surface area contributed by atoms with E-state index in [0.717, 1.165) is 11.1 Å². The second kappa shape index (κ2) is 9.23. The monoisotopic (exact) mass is 454 g/mol. The highest BCUT2D eigenvalue weighted by molar-refractivity contribution is 7.98. The molecule has 0 saturated heterocycles. The number of halogens is 1. The molecular weight excluding hydrogens is 436 g/mol. The molecule has 2 heterocycles. The smallest absolute Gasteiger partial charge is 0.264 e. The summed E-state index contributed by atoms with van der Waals surface area (Å²) in [4.78, 5) is 16.9. The highest BCUT2D eigenvalue weighted by Crippen LogP contribution is 2.34. The summed E-state index contributed by atoms with van der Waals surface area (Å²) in [6.07, 6.45) is 1.86. The molecule has 4 aromatic rings. The van der Waals surface area contributed by atoms with Crippen molar-refractivity contribution in [3.63, 3.8) is 0 Å². The van der Waals surface area contributed by atoms with E-state index in [1.165, 1.54) is 16.4 Å². The Labute approximate surface area is 187 Å². The number of carbonyl (C=O) groups excluding carboxylic acids is 1. The molecule has 0 saturated carbocycles. The summed E-state index contributed by atoms with van der Waals surface area (Å²) in [5, 5.41) is 12.5. The standard InChI is InChI=1S/C21H19ClN6O2S/c1-31-21-17(20-25-19(27-30-20)13-7-3-2-4-8-13)18(23)28(26-21)12-16(29)24-11-14-9-5-6-10-15(14)22/h2-10H,11-12,23H2,1H3,(H,24,29). The summed E-state index contributed by atoms with van der Waals surface area (Å²) >= 11 is 7.52. The van der Waals surface area contributed by atoms with Crippen molar-refractivity contribution in [1.82, 2.24) is 25.2 Å². The molecule has 1 amide bonds. The maximum absolute atomic E-state index is 12.5. The van der Waals surface area contributed by atoms with Crippen molar-refractivity contribution in [1.29, 1.82) is 0 Å². The van der Waals surface area contributed by atoms with Crippen molar-refractivity contribution in [3.05, 3.63) is 65.2 Å². The number of benzene rings is 2. The summed E-state index contributed by atoms with van der Waals surface area (Å²) in [6.45, 7) is 0.259. The largest absolute Gasteiger partial charge is 0.383 e. The summed E-state index contributed by atoms with van der Waals surface area (Å²) in [5.41, 5.74) is 8.47. The number of nitrogen functional groups attached to an aromatic ring is 1. The fourth-order valence-electron chi connectivity index (χ4n) is 2.97. The van der Waals surface area contributed by atoms with Gasteiger partial charge in [-0.1, -0.05) is 65.3 Å². The van der Waals surface area contributed by atoms with Crippen LogP contribution in [0, 0.1) is 0 Å². The molecule has 2 aromatic carbocycles. The van der Waals surface area contributed by atoms with Crippen LogP contribution in [0.25, 0.3) is 22.8 Å². The second-order valence-corrected chi connectivity index (χ2v) is 7.79. The van der Waals surface area contributed by atoms with E-state index < -0.39 is 0 Å². The molecule has 10 heteroatoms. The van der Waals surface area contributed by atoms with Crippen molar-refractivity contribution in [3.8, 4) is 22.8 Å². The Balaban J connectivity index is 1.53. The van der Waals surface area contributed by atoms with Crippen LogP contribution in [-0.2, 0) is 17.9 Å². The molecule has 0 radical (unpaired) electrons. The first-order chi connectivity index (χ1) is 15.1. The molecule has 0 atom stereocenters. The Morgan fingerprint density at radius 3 is 2.68 bits per heavy atom. The van der Waals surface area contributed by atoms with Gasteiger partial charge in [-0.05, 0) is 17.9 Å². The minimum absolute atomic E-state index is 0.0521. The van der Waals surface area contributed by atoms with Gasteiger partial charge < -0.3 is 15.6 Å². The molecule has 3 N–H and O–H groups in total. The second-order valence-electron chi connectivity index (χ2n) is 6.58. The van der Waals surface area contributed by atoms with E-state index in [1.54, 1.807) is 6.07 Å². The Kier molecular flexibility index (Phi) is 6.24. The number of rotatable bonds is 7. The number of nitrogens with two attached hydrogens (primary N) is 1. The normalized spacial score (nSPS) is 10.9. The molecule has 8 nitrogen and oxygen atoms in total. The van der Waals surface area contributed by atoms with E-state index >= 15 is 0 Å². The molecule has 0 aliphatic carbocycles. The number of anilines is 1. The topological polar surface area (TPSA) is 112 Å². The SMILES string of the molecule is CSc1nn(CC(=O)NCc2ccccc2Cl)c(N)c1-c1nc(-c2ccccc2)no1. The van der Waals surface area contributed by atoms with E-state index in [4.69, 9.17) is 21.9 Å². The molecule has 0 unspecified atom stereocenters. The van der Waals surface area contributed by atoms with Gasteiger partial charge in [0.05, 0.1) is 0 Å². The van der Waals surface area contributed by atoms with E-state index in [1.807, 2.05) is 54.8 Å². The zero-order chi connectivity index (χ0) is 21.8. The number of nitrogens with zero attached hydrogens (tertiary/aromatic N) is 4. The number of hydrogen-bond acceptors (Lipinski definition) is 7. The van der Waals surface area contributed by atoms with Gasteiger partial charge in [0.15, 0.2) is 0 Å². The van der Waals surface area contributed by atoms with Crippen molar-refractivity contribution in [2.45, 2.75) is 18.1 Å². The van der Waals surface area contributed by atoms with Crippen molar-refractivity contribution in [2.75, 3.05) is 12.0 Å². The number of hydrogen-bond donors (Lipinski definition) is 2. The minimum Gasteiger partial charge on any atom is -0.383 e. The number of thioether (sulfide) groups is 1. The predicted octanol–water partition coefficient (Wildman–Crippen LogP) is 3.87. The Morgan fingerprint density at radius 2 is 1.94 bits per heavy atom. The summed E-state index contributed by atoms with van der Waals surface area (Å²) < 4.78 is 6.87. The van der Waals surface area contributed by atoms with E-state index in [9.17, 15) is 4.79 Å². The zero-order valence-electron chi connectivity index (χ0n) is 16.6. The summed E-state index contributed by atoms with van der Waals surface area (Å²) in [6, 6.07) is 16.8. The quantitative estimate of drug-likeness (QED) is 0.407. The molecule has 0 fully saturated rings. The Bertz CT molecular complexity index is 1210. The van der Waals surface area contributed by atoms with Crippen LogP contribution in [0.1, 0.15) is 5.56 Å². The van der Waals surface area contributed by atoms with Gasteiger partial charge in [0.25, 0.3) is 5.89 Å². The number of aromatic nitrogens is 4. The zero-order valence-corrected chi connectivity index (χ0v) is 18.2. The van der Waals surface area contributed by atoms with Gasteiger partial charge in [0, 0.05) is 17.1 Å². The molecule has 158 valence electrons. The first kappa shape index (κ1) is 21.0. The molecule has 2 aromatic heterocycles. The fraction of sp³-hybridized carbons (Fsp3) is 0.143. The molecule has 0 spiro atoms. The Morgan fingerprint density at radius 1 is 1.19 bits per heavy atom. The van der Waals surface area contributed by atoms with Crippen LogP contribution < -0.4 is 11.1 Å². The number of amides is 1. The lowest BCUT2D eigenvalue weighted by Crippen LogP contribution is -2.28. The van der Waals surface area contributed by atoms with E-state index in [2.05, 4.69) is 20.6 Å². The van der Waals surface area contributed by atoms with Crippen LogP contribution >= 0.6 is 23.4 Å². The molecule has 4 rings (SSSR count). The first-order valence-corrected chi connectivity index (χ1v) is 11.0. The average Bonchev–Trinajstić information content (AvgIpc) is 3.38. The third-order valence-corrected chi connectivity index (χ3v) is 5.59. The predicted molar refractivity (Wildman–Crippen MR) is 120 cm³/mol. The van der Waals surface area contributed by atoms with Gasteiger partial charge >= 0.3 is 0 Å². The van der Waals surface area contributed by atoms with Gasteiger partial charge in [-0.3, -0.25) is 4.79 Å². The third-order valence-electron chi connectivity index (χ3n) is 4.55. The molecule has 0 aliphatic rings. The molecule has 31 heavy (non-hydrogen) atoms. The van der Waals surface area contributed by atoms with Crippen LogP contribution in [0.15, 0.2) is 64.1 Å². The lowest BCUT2D eigenvalue weighted by molar-refractivity contribution is -0.122. The summed E-state index contributed by atoms with van der Waals surface area (Å²) in [5.74, 6) is 0.736. The maximum atomic E-state index is 12.5. The lowest BCUT2D eigenvalue weighted by atomic mass is 10.2. The maximum Gasteiger partial charge on any atom is 0.264 e. The van der Waals surface area contributed by atoms with Crippen molar-refractivity contribution in [2.24, 2.45) is 0 Å². The van der Waals surface area contributed by atoms with E-state index in [-0.39, 0.29) is 24.2 Å². The van der Waals surface area contributed by atoms with Crippen molar-refractivity contribution >= 4 is 35.1 Å². The van der Waals surface area contributed by atoms with Crippen LogP contribution in [-0.4, -0.2) is 32.1 Å². The van der Waals surface area contributed by atoms with Crippen LogP contribution in [0.4, 0.5) is 5.82 Å². The average molecular weight is 455 g/mol. The highest BCUT2D eigenvalue weighted by Gasteiger charge is 2.23. The minimum atomic E-state index is -0.246. The van der Waals surface area contributed by atoms with Gasteiger partial charge in [-0.25, -0.2) is 4.68 Å². The van der Waals surface area contributed by atoms with Crippen LogP contribution in [0.5, 0.6) is 0 Å². The Hall–Kier alpha value is -3.30. The first-order valence-electron chi connectivity index (χ1n) is 9.36. The highest BCUT2D eigenvalue weighted by atomic mass is 35.5. The van der Waals surface area contributed by atoms with Gasteiger partial charge in [0.2, 0.25) is 11.7 Å². The third kappa shape index (κ3) is 4.57. The molecular formula is C21H19ClN6O2S. The van der Waals surface area contributed by atoms with E-state index in [0.29, 0.717) is 28.0 Å². The molecule has 0 aliphatic heterocycles. The number of nitrogens with one attached hydrogen (secondary N) is 1. The van der Waals surface area contributed by atoms with Gasteiger partial charge in [0.1, 0.15) is 23.0 Å². The molecule has 0 bridgehead atoms. The fourth-order valence-corrected chi connectivity index (χ4v) is 3.75. The van der Waals surface area contributed by atoms with Crippen LogP contribution in [0.2, 0.25) is 5.02 Å². The van der Waals surface area contributed by atoms with Crippen LogP contribution in [0.3, 0.4) is 0 Å². The number of carbonyl (C=O) groups is 1. The van der Waals surface area contributed by atoms with Crippen molar-refractivity contribution < 1.29 is 9.32 Å². The van der Waals surface area contributed by atoms with Gasteiger partial charge in [-0.15, -0.1) is 11.8 Å². The lowest BCUT2D eigenvalue weighted by Gasteiger charge is -2.08. The summed E-state index contributed by atoms with van der Waals surface area (Å²) in [7, 11) is 0. The van der Waals surface area contributed by atoms with Gasteiger partial charge in [-0.2, -0.15) is 10.1 Å².